The van der Waals surface area contributed by atoms with Crippen molar-refractivity contribution in [1.82, 2.24) is 14.5 Å². The van der Waals surface area contributed by atoms with Crippen LogP contribution in [-0.4, -0.2) is 41.6 Å². The summed E-state index contributed by atoms with van der Waals surface area (Å²) < 4.78 is 18.5. The molecule has 0 atom stereocenters. The number of ether oxygens (including phenoxy) is 3. The SMILES string of the molecule is COc1ccc(CN(C)C(=O)Cn2c(COc3ccccc3)nc3ccccc32)cc1OC. The molecular formula is C26H27N3O4. The Bertz CT molecular complexity index is 1240. The molecule has 0 N–H and O–H groups in total. The van der Waals surface area contributed by atoms with Gasteiger partial charge in [-0.1, -0.05) is 36.4 Å². The number of amides is 1. The molecule has 170 valence electrons. The van der Waals surface area contributed by atoms with Gasteiger partial charge < -0.3 is 23.7 Å². The number of nitrogens with zero attached hydrogens (tertiary/aromatic N) is 3. The maximum Gasteiger partial charge on any atom is 0.242 e. The zero-order valence-corrected chi connectivity index (χ0v) is 19.0. The molecule has 0 aliphatic carbocycles. The second kappa shape index (κ2) is 10.1. The first kappa shape index (κ1) is 22.2. The molecule has 0 saturated carbocycles. The van der Waals surface area contributed by atoms with Gasteiger partial charge in [0, 0.05) is 13.6 Å². The summed E-state index contributed by atoms with van der Waals surface area (Å²) >= 11 is 0. The first-order valence-electron chi connectivity index (χ1n) is 10.7. The summed E-state index contributed by atoms with van der Waals surface area (Å²) in [6.07, 6.45) is 0. The number of imidazole rings is 1. The van der Waals surface area contributed by atoms with Crippen molar-refractivity contribution in [2.45, 2.75) is 19.7 Å². The minimum absolute atomic E-state index is 0.0334. The highest BCUT2D eigenvalue weighted by Gasteiger charge is 2.17. The summed E-state index contributed by atoms with van der Waals surface area (Å²) in [5.41, 5.74) is 2.68. The van der Waals surface area contributed by atoms with E-state index < -0.39 is 0 Å². The van der Waals surface area contributed by atoms with Crippen molar-refractivity contribution in [3.63, 3.8) is 0 Å². The predicted molar refractivity (Wildman–Crippen MR) is 127 cm³/mol. The van der Waals surface area contributed by atoms with Crippen molar-refractivity contribution in [2.24, 2.45) is 0 Å². The fourth-order valence-electron chi connectivity index (χ4n) is 3.67. The smallest absolute Gasteiger partial charge is 0.242 e. The third kappa shape index (κ3) is 5.09. The molecule has 0 bridgehead atoms. The monoisotopic (exact) mass is 445 g/mol. The minimum atomic E-state index is -0.0334. The van der Waals surface area contributed by atoms with E-state index in [1.165, 1.54) is 0 Å². The highest BCUT2D eigenvalue weighted by molar-refractivity contribution is 5.81. The molecule has 0 radical (unpaired) electrons. The number of likely N-dealkylation sites (N-methyl/N-ethyl adjacent to an activating group) is 1. The van der Waals surface area contributed by atoms with Crippen LogP contribution in [-0.2, 0) is 24.5 Å². The normalized spacial score (nSPS) is 10.8. The fourth-order valence-corrected chi connectivity index (χ4v) is 3.67. The third-order valence-corrected chi connectivity index (χ3v) is 5.43. The van der Waals surface area contributed by atoms with Crippen molar-refractivity contribution >= 4 is 16.9 Å². The highest BCUT2D eigenvalue weighted by atomic mass is 16.5. The van der Waals surface area contributed by atoms with E-state index >= 15 is 0 Å². The van der Waals surface area contributed by atoms with Crippen LogP contribution in [0.2, 0.25) is 0 Å². The van der Waals surface area contributed by atoms with Gasteiger partial charge in [0.25, 0.3) is 0 Å². The lowest BCUT2D eigenvalue weighted by atomic mass is 10.2. The van der Waals surface area contributed by atoms with Crippen LogP contribution in [0.4, 0.5) is 0 Å². The van der Waals surface area contributed by atoms with Crippen LogP contribution in [0.15, 0.2) is 72.8 Å². The van der Waals surface area contributed by atoms with Gasteiger partial charge in [0.15, 0.2) is 11.5 Å². The first-order chi connectivity index (χ1) is 16.1. The van der Waals surface area contributed by atoms with Gasteiger partial charge in [-0.3, -0.25) is 4.79 Å². The van der Waals surface area contributed by atoms with Gasteiger partial charge in [0.1, 0.15) is 24.7 Å². The number of hydrogen-bond acceptors (Lipinski definition) is 5. The van der Waals surface area contributed by atoms with E-state index in [0.29, 0.717) is 23.9 Å². The number of fused-ring (bicyclic) bond motifs is 1. The van der Waals surface area contributed by atoms with Gasteiger partial charge in [-0.25, -0.2) is 4.98 Å². The number of para-hydroxylation sites is 3. The zero-order valence-electron chi connectivity index (χ0n) is 19.0. The Kier molecular flexibility index (Phi) is 6.78. The van der Waals surface area contributed by atoms with Gasteiger partial charge in [-0.2, -0.15) is 0 Å². The number of hydrogen-bond donors (Lipinski definition) is 0. The number of rotatable bonds is 9. The van der Waals surface area contributed by atoms with Gasteiger partial charge in [0.2, 0.25) is 5.91 Å². The second-order valence-electron chi connectivity index (χ2n) is 7.64. The van der Waals surface area contributed by atoms with E-state index in [0.717, 1.165) is 22.3 Å². The molecule has 3 aromatic carbocycles. The molecule has 4 rings (SSSR count). The molecule has 0 aliphatic rings. The Balaban J connectivity index is 1.52. The lowest BCUT2D eigenvalue weighted by Gasteiger charge is -2.19. The molecule has 0 fully saturated rings. The molecule has 0 spiro atoms. The number of carbonyl (C=O) groups is 1. The molecule has 0 saturated heterocycles. The van der Waals surface area contributed by atoms with Gasteiger partial charge in [-0.05, 0) is 42.0 Å². The number of carbonyl (C=O) groups excluding carboxylic acids is 1. The third-order valence-electron chi connectivity index (χ3n) is 5.43. The van der Waals surface area contributed by atoms with Crippen molar-refractivity contribution in [2.75, 3.05) is 21.3 Å². The minimum Gasteiger partial charge on any atom is -0.493 e. The summed E-state index contributed by atoms with van der Waals surface area (Å²) in [5.74, 6) is 2.72. The van der Waals surface area contributed by atoms with Gasteiger partial charge in [-0.15, -0.1) is 0 Å². The Labute approximate surface area is 193 Å². The topological polar surface area (TPSA) is 65.8 Å². The van der Waals surface area contributed by atoms with E-state index in [1.807, 2.05) is 77.4 Å². The molecule has 7 heteroatoms. The van der Waals surface area contributed by atoms with E-state index in [1.54, 1.807) is 26.2 Å². The average molecular weight is 446 g/mol. The van der Waals surface area contributed by atoms with Crippen molar-refractivity contribution < 1.29 is 19.0 Å². The van der Waals surface area contributed by atoms with Crippen LogP contribution < -0.4 is 14.2 Å². The van der Waals surface area contributed by atoms with Crippen LogP contribution in [0.3, 0.4) is 0 Å². The zero-order chi connectivity index (χ0) is 23.2. The second-order valence-corrected chi connectivity index (χ2v) is 7.64. The molecule has 0 unspecified atom stereocenters. The van der Waals surface area contributed by atoms with E-state index in [9.17, 15) is 4.79 Å². The van der Waals surface area contributed by atoms with E-state index in [2.05, 4.69) is 0 Å². The summed E-state index contributed by atoms with van der Waals surface area (Å²) in [6, 6.07) is 23.0. The summed E-state index contributed by atoms with van der Waals surface area (Å²) in [6.45, 7) is 0.880. The Hall–Kier alpha value is -4.00. The summed E-state index contributed by atoms with van der Waals surface area (Å²) in [7, 11) is 4.99. The standard InChI is InChI=1S/C26H27N3O4/c1-28(16-19-13-14-23(31-2)24(15-19)32-3)26(30)17-29-22-12-8-7-11-21(22)27-25(29)18-33-20-9-5-4-6-10-20/h4-15H,16-18H2,1-3H3. The predicted octanol–water partition coefficient (Wildman–Crippen LogP) is 4.29. The fraction of sp³-hybridized carbons (Fsp3) is 0.231. The molecule has 4 aromatic rings. The quantitative estimate of drug-likeness (QED) is 0.385. The molecule has 1 heterocycles. The van der Waals surface area contributed by atoms with Crippen LogP contribution in [0.5, 0.6) is 17.2 Å². The van der Waals surface area contributed by atoms with E-state index in [4.69, 9.17) is 19.2 Å². The van der Waals surface area contributed by atoms with E-state index in [-0.39, 0.29) is 19.1 Å². The lowest BCUT2D eigenvalue weighted by molar-refractivity contribution is -0.131. The summed E-state index contributed by atoms with van der Waals surface area (Å²) in [5, 5.41) is 0. The number of methoxy groups -OCH3 is 2. The number of aromatic nitrogens is 2. The van der Waals surface area contributed by atoms with Crippen molar-refractivity contribution in [3.05, 3.63) is 84.2 Å². The van der Waals surface area contributed by atoms with Crippen LogP contribution in [0.1, 0.15) is 11.4 Å². The maximum absolute atomic E-state index is 13.1. The Morgan fingerprint density at radius 1 is 0.939 bits per heavy atom. The molecule has 1 amide bonds. The van der Waals surface area contributed by atoms with Gasteiger partial charge in [0.05, 0.1) is 25.3 Å². The molecule has 7 nitrogen and oxygen atoms in total. The first-order valence-corrected chi connectivity index (χ1v) is 10.7. The lowest BCUT2D eigenvalue weighted by Crippen LogP contribution is -2.30. The average Bonchev–Trinajstić information content (AvgIpc) is 3.20. The van der Waals surface area contributed by atoms with Crippen molar-refractivity contribution in [3.8, 4) is 17.2 Å². The molecule has 1 aromatic heterocycles. The highest BCUT2D eigenvalue weighted by Crippen LogP contribution is 2.28. The summed E-state index contributed by atoms with van der Waals surface area (Å²) in [4.78, 5) is 19.5. The molecular weight excluding hydrogens is 418 g/mol. The van der Waals surface area contributed by atoms with Gasteiger partial charge >= 0.3 is 0 Å². The van der Waals surface area contributed by atoms with Crippen LogP contribution in [0.25, 0.3) is 11.0 Å². The van der Waals surface area contributed by atoms with Crippen molar-refractivity contribution in [1.29, 1.82) is 0 Å². The molecule has 0 aliphatic heterocycles. The maximum atomic E-state index is 13.1. The van der Waals surface area contributed by atoms with Crippen LogP contribution >= 0.6 is 0 Å². The Morgan fingerprint density at radius 3 is 2.42 bits per heavy atom. The largest absolute Gasteiger partial charge is 0.493 e. The molecule has 33 heavy (non-hydrogen) atoms. The Morgan fingerprint density at radius 2 is 1.67 bits per heavy atom. The number of benzene rings is 3. The van der Waals surface area contributed by atoms with Crippen LogP contribution in [0, 0.1) is 0 Å².